The first kappa shape index (κ1) is 21.2. The van der Waals surface area contributed by atoms with Gasteiger partial charge < -0.3 is 0 Å². The lowest BCUT2D eigenvalue weighted by atomic mass is 10.1. The number of amides is 1. The Balaban J connectivity index is 1.74. The first-order valence-electron chi connectivity index (χ1n) is 8.94. The minimum Gasteiger partial charge on any atom is -0.268 e. The fourth-order valence-corrected chi connectivity index (χ4v) is 6.56. The molecule has 1 heterocycles. The van der Waals surface area contributed by atoms with Crippen LogP contribution in [0, 0.1) is 0 Å². The van der Waals surface area contributed by atoms with Crippen molar-refractivity contribution < 1.29 is 21.6 Å². The molecular weight excluding hydrogens is 456 g/mol. The molecule has 2 aromatic rings. The number of benzene rings is 2. The highest BCUT2D eigenvalue weighted by atomic mass is 32.2. The van der Waals surface area contributed by atoms with Crippen LogP contribution in [-0.2, 0) is 20.0 Å². The van der Waals surface area contributed by atoms with Gasteiger partial charge in [0.05, 0.1) is 0 Å². The minimum atomic E-state index is -4.50. The molecule has 2 aromatic carbocycles. The van der Waals surface area contributed by atoms with Crippen molar-refractivity contribution in [2.45, 2.75) is 9.79 Å². The van der Waals surface area contributed by atoms with Gasteiger partial charge in [-0.05, 0) is 35.9 Å². The number of carbonyl (C=O) groups excluding carboxylic acids is 1. The molecule has 7 nitrogen and oxygen atoms in total. The Morgan fingerprint density at radius 2 is 1.42 bits per heavy atom. The van der Waals surface area contributed by atoms with Crippen molar-refractivity contribution in [2.24, 2.45) is 5.14 Å². The van der Waals surface area contributed by atoms with Gasteiger partial charge in [0.25, 0.3) is 15.9 Å². The number of rotatable bonds is 5. The summed E-state index contributed by atoms with van der Waals surface area (Å²) in [7, 11) is -8.81. The normalized spacial score (nSPS) is 12.0. The number of nitrogens with one attached hydrogen (secondary N) is 1. The lowest BCUT2D eigenvalue weighted by Gasteiger charge is -2.13. The van der Waals surface area contributed by atoms with Gasteiger partial charge in [-0.3, -0.25) is 4.79 Å². The van der Waals surface area contributed by atoms with Crippen molar-refractivity contribution >= 4 is 37.3 Å². The molecule has 4 rings (SSSR count). The van der Waals surface area contributed by atoms with E-state index >= 15 is 0 Å². The molecule has 2 aliphatic rings. The average molecular weight is 473 g/mol. The molecule has 0 aromatic heterocycles. The SMILES string of the molecule is NS(=O)(=O)c1ccccc1S(=O)(=O)NC(=O)c1ccccc1-c1ccc2cccc-2s1. The molecule has 1 aliphatic carbocycles. The highest BCUT2D eigenvalue weighted by molar-refractivity contribution is 7.92. The smallest absolute Gasteiger partial charge is 0.265 e. The van der Waals surface area contributed by atoms with Gasteiger partial charge in [-0.1, -0.05) is 48.5 Å². The van der Waals surface area contributed by atoms with E-state index in [9.17, 15) is 21.6 Å². The van der Waals surface area contributed by atoms with Gasteiger partial charge in [0.1, 0.15) is 9.79 Å². The van der Waals surface area contributed by atoms with E-state index in [2.05, 4.69) is 0 Å². The number of carbonyl (C=O) groups is 1. The molecule has 0 bridgehead atoms. The number of primary sulfonamides is 1. The van der Waals surface area contributed by atoms with E-state index in [1.54, 1.807) is 18.2 Å². The zero-order valence-corrected chi connectivity index (χ0v) is 18.3. The van der Waals surface area contributed by atoms with E-state index in [4.69, 9.17) is 5.14 Å². The molecule has 0 saturated heterocycles. The second kappa shape index (κ2) is 7.89. The molecule has 1 amide bonds. The summed E-state index contributed by atoms with van der Waals surface area (Å²) in [6.07, 6.45) is 0. The lowest BCUT2D eigenvalue weighted by Crippen LogP contribution is -2.32. The summed E-state index contributed by atoms with van der Waals surface area (Å²) in [5.41, 5.74) is 1.77. The Labute approximate surface area is 183 Å². The van der Waals surface area contributed by atoms with Gasteiger partial charge in [0, 0.05) is 20.9 Å². The maximum absolute atomic E-state index is 12.9. The molecule has 0 radical (unpaired) electrons. The van der Waals surface area contributed by atoms with Crippen LogP contribution in [0.2, 0.25) is 0 Å². The Bertz CT molecular complexity index is 1470. The monoisotopic (exact) mass is 472 g/mol. The maximum atomic E-state index is 12.9. The van der Waals surface area contributed by atoms with Crippen molar-refractivity contribution in [3.63, 3.8) is 0 Å². The van der Waals surface area contributed by atoms with Crippen LogP contribution in [0.4, 0.5) is 0 Å². The molecule has 31 heavy (non-hydrogen) atoms. The quantitative estimate of drug-likeness (QED) is 0.461. The molecule has 0 fully saturated rings. The molecule has 0 unspecified atom stereocenters. The van der Waals surface area contributed by atoms with Gasteiger partial charge in [-0.15, -0.1) is 11.3 Å². The van der Waals surface area contributed by atoms with E-state index in [0.717, 1.165) is 27.5 Å². The number of sulfonamides is 2. The summed E-state index contributed by atoms with van der Waals surface area (Å²) in [4.78, 5) is 13.6. The molecule has 0 saturated carbocycles. The molecule has 10 heteroatoms. The second-order valence-corrected chi connectivity index (χ2v) is 10.9. The minimum absolute atomic E-state index is 0.140. The summed E-state index contributed by atoms with van der Waals surface area (Å²) in [5.74, 6) is -0.880. The second-order valence-electron chi connectivity index (χ2n) is 6.62. The summed E-state index contributed by atoms with van der Waals surface area (Å²) in [6.45, 7) is 0. The molecule has 0 atom stereocenters. The average Bonchev–Trinajstić information content (AvgIpc) is 3.21. The summed E-state index contributed by atoms with van der Waals surface area (Å²) >= 11 is 1.47. The maximum Gasteiger partial charge on any atom is 0.265 e. The third-order valence-corrected chi connectivity index (χ3v) is 8.21. The molecule has 158 valence electrons. The number of fused-ring (bicyclic) bond motifs is 1. The van der Waals surface area contributed by atoms with Crippen LogP contribution in [0.15, 0.2) is 88.7 Å². The number of hydrogen-bond donors (Lipinski definition) is 2. The third kappa shape index (κ3) is 4.23. The van der Waals surface area contributed by atoms with E-state index in [1.165, 1.54) is 29.5 Å². The highest BCUT2D eigenvalue weighted by Gasteiger charge is 2.27. The molecule has 1 aliphatic heterocycles. The predicted octanol–water partition coefficient (Wildman–Crippen LogP) is 3.29. The number of hydrogen-bond acceptors (Lipinski definition) is 6. The van der Waals surface area contributed by atoms with Crippen LogP contribution in [0.1, 0.15) is 10.4 Å². The Kier molecular flexibility index (Phi) is 5.40. The first-order valence-corrected chi connectivity index (χ1v) is 12.8. The van der Waals surface area contributed by atoms with Crippen molar-refractivity contribution in [2.75, 3.05) is 0 Å². The Hall–Kier alpha value is -3.05. The van der Waals surface area contributed by atoms with Gasteiger partial charge in [-0.2, -0.15) is 0 Å². The summed E-state index contributed by atoms with van der Waals surface area (Å²) in [5, 5.41) is 5.13. The zero-order valence-electron chi connectivity index (χ0n) is 15.8. The van der Waals surface area contributed by atoms with E-state index in [0.29, 0.717) is 5.56 Å². The van der Waals surface area contributed by atoms with E-state index < -0.39 is 35.7 Å². The van der Waals surface area contributed by atoms with Crippen molar-refractivity contribution in [3.8, 4) is 20.9 Å². The summed E-state index contributed by atoms with van der Waals surface area (Å²) in [6, 6.07) is 21.1. The first-order chi connectivity index (χ1) is 14.7. The highest BCUT2D eigenvalue weighted by Crippen LogP contribution is 2.36. The van der Waals surface area contributed by atoms with Gasteiger partial charge in [-0.25, -0.2) is 26.7 Å². The van der Waals surface area contributed by atoms with Gasteiger partial charge in [0.2, 0.25) is 10.0 Å². The Morgan fingerprint density at radius 3 is 2.16 bits per heavy atom. The van der Waals surface area contributed by atoms with Crippen LogP contribution in [0.3, 0.4) is 0 Å². The van der Waals surface area contributed by atoms with E-state index in [1.807, 2.05) is 35.1 Å². The standard InChI is InChI=1S/C21H16N2O5S3/c22-30(25,26)19-10-3-4-11-20(19)31(27,28)23-21(24)16-8-2-1-7-15(16)18-13-12-14-6-5-9-17(14)29-18/h1-13H,(H,23,24)(H2,22,25,26). The van der Waals surface area contributed by atoms with Crippen molar-refractivity contribution in [1.82, 2.24) is 4.72 Å². The Morgan fingerprint density at radius 1 is 0.742 bits per heavy atom. The molecule has 3 N–H and O–H groups in total. The lowest BCUT2D eigenvalue weighted by molar-refractivity contribution is 0.0982. The van der Waals surface area contributed by atoms with Crippen molar-refractivity contribution in [3.05, 3.63) is 84.4 Å². The van der Waals surface area contributed by atoms with Crippen LogP contribution >= 0.6 is 11.3 Å². The number of nitrogens with two attached hydrogens (primary N) is 1. The molecular formula is C21H16N2O5S3. The van der Waals surface area contributed by atoms with Crippen LogP contribution in [-0.4, -0.2) is 22.7 Å². The van der Waals surface area contributed by atoms with Crippen LogP contribution in [0.5, 0.6) is 0 Å². The fraction of sp³-hybridized carbons (Fsp3) is 0. The van der Waals surface area contributed by atoms with Gasteiger partial charge in [0.15, 0.2) is 0 Å². The fourth-order valence-electron chi connectivity index (χ4n) is 3.15. The summed E-state index contributed by atoms with van der Waals surface area (Å²) < 4.78 is 51.2. The molecule has 0 spiro atoms. The topological polar surface area (TPSA) is 123 Å². The van der Waals surface area contributed by atoms with E-state index in [-0.39, 0.29) is 5.56 Å². The zero-order chi connectivity index (χ0) is 22.2. The van der Waals surface area contributed by atoms with Gasteiger partial charge >= 0.3 is 0 Å². The van der Waals surface area contributed by atoms with Crippen LogP contribution in [0.25, 0.3) is 20.9 Å². The predicted molar refractivity (Wildman–Crippen MR) is 119 cm³/mol. The third-order valence-electron chi connectivity index (χ3n) is 4.55. The largest absolute Gasteiger partial charge is 0.268 e. The van der Waals surface area contributed by atoms with Crippen LogP contribution < -0.4 is 9.86 Å². The van der Waals surface area contributed by atoms with Crippen molar-refractivity contribution in [1.29, 1.82) is 0 Å².